The molecule has 1 aromatic heterocycles. The number of fused-ring (bicyclic) bond motifs is 1. The summed E-state index contributed by atoms with van der Waals surface area (Å²) in [5, 5.41) is 9.21. The van der Waals surface area contributed by atoms with Gasteiger partial charge < -0.3 is 15.5 Å². The van der Waals surface area contributed by atoms with E-state index in [1.165, 1.54) is 0 Å². The number of hydrogen-bond acceptors (Lipinski definition) is 5. The van der Waals surface area contributed by atoms with Gasteiger partial charge >= 0.3 is 0 Å². The molecule has 3 aliphatic rings. The third-order valence-electron chi connectivity index (χ3n) is 6.36. The lowest BCUT2D eigenvalue weighted by Crippen LogP contribution is -2.50. The number of nitrogens with two attached hydrogens (primary N) is 1. The second kappa shape index (κ2) is 7.28. The van der Waals surface area contributed by atoms with Crippen LogP contribution in [0.2, 0.25) is 0 Å². The number of carbonyl (C=O) groups is 2. The molecule has 1 aromatic rings. The highest BCUT2D eigenvalue weighted by Crippen LogP contribution is 2.34. The van der Waals surface area contributed by atoms with E-state index in [1.54, 1.807) is 17.2 Å². The van der Waals surface area contributed by atoms with Gasteiger partial charge in [0.25, 0.3) is 5.91 Å². The highest BCUT2D eigenvalue weighted by molar-refractivity contribution is 5.97. The number of pyridine rings is 1. The Morgan fingerprint density at radius 1 is 1.30 bits per heavy atom. The molecule has 0 radical (unpaired) electrons. The standard InChI is InChI=1S/C20H25N5O2/c21-11-15-3-2-10-24(15)20(27)18(22)13-5-7-14(8-6-13)25-12-17-16(19(25)26)4-1-9-23-17/h1,4,9,13-15,18H,2-3,5-8,10,12,22H2/t13-,14-,15-,18?/m0/s1. The highest BCUT2D eigenvalue weighted by atomic mass is 16.2. The van der Waals surface area contributed by atoms with Crippen molar-refractivity contribution in [1.82, 2.24) is 14.8 Å². The predicted molar refractivity (Wildman–Crippen MR) is 98.2 cm³/mol. The molecule has 2 amide bonds. The van der Waals surface area contributed by atoms with Crippen LogP contribution in [0.15, 0.2) is 18.3 Å². The van der Waals surface area contributed by atoms with E-state index in [-0.39, 0.29) is 29.8 Å². The summed E-state index contributed by atoms with van der Waals surface area (Å²) in [6.07, 6.45) is 6.71. The SMILES string of the molecule is N#C[C@@H]1CCCN1C(=O)C(N)[C@H]1CC[C@H](N2Cc3ncccc3C2=O)CC1. The first-order chi connectivity index (χ1) is 13.1. The summed E-state index contributed by atoms with van der Waals surface area (Å²) in [5.74, 6) is 0.0964. The van der Waals surface area contributed by atoms with Crippen molar-refractivity contribution in [2.24, 2.45) is 11.7 Å². The van der Waals surface area contributed by atoms with Crippen molar-refractivity contribution in [2.75, 3.05) is 6.54 Å². The van der Waals surface area contributed by atoms with E-state index in [9.17, 15) is 14.9 Å². The fourth-order valence-electron chi connectivity index (χ4n) is 4.77. The van der Waals surface area contributed by atoms with Crippen molar-refractivity contribution in [3.8, 4) is 6.07 Å². The van der Waals surface area contributed by atoms with Crippen molar-refractivity contribution in [3.63, 3.8) is 0 Å². The van der Waals surface area contributed by atoms with Crippen molar-refractivity contribution >= 4 is 11.8 Å². The van der Waals surface area contributed by atoms with Crippen LogP contribution in [0.3, 0.4) is 0 Å². The number of aromatic nitrogens is 1. The van der Waals surface area contributed by atoms with Gasteiger partial charge in [-0.3, -0.25) is 14.6 Å². The summed E-state index contributed by atoms with van der Waals surface area (Å²) in [4.78, 5) is 33.3. The molecule has 7 nitrogen and oxygen atoms in total. The van der Waals surface area contributed by atoms with Crippen LogP contribution >= 0.6 is 0 Å². The maximum Gasteiger partial charge on any atom is 0.256 e. The number of carbonyl (C=O) groups excluding carboxylic acids is 2. The molecule has 2 N–H and O–H groups in total. The Hall–Kier alpha value is -2.46. The molecule has 0 aromatic carbocycles. The van der Waals surface area contributed by atoms with Crippen LogP contribution in [-0.2, 0) is 11.3 Å². The third kappa shape index (κ3) is 3.19. The molecule has 1 saturated carbocycles. The second-order valence-corrected chi connectivity index (χ2v) is 7.84. The summed E-state index contributed by atoms with van der Waals surface area (Å²) in [6.45, 7) is 1.21. The molecule has 1 aliphatic carbocycles. The van der Waals surface area contributed by atoms with Gasteiger partial charge in [0.05, 0.1) is 29.9 Å². The zero-order chi connectivity index (χ0) is 19.0. The first-order valence-corrected chi connectivity index (χ1v) is 9.80. The van der Waals surface area contributed by atoms with Gasteiger partial charge in [-0.25, -0.2) is 0 Å². The summed E-state index contributed by atoms with van der Waals surface area (Å²) in [5.41, 5.74) is 7.86. The Morgan fingerprint density at radius 2 is 2.07 bits per heavy atom. The van der Waals surface area contributed by atoms with E-state index in [2.05, 4.69) is 11.1 Å². The van der Waals surface area contributed by atoms with Crippen LogP contribution in [-0.4, -0.2) is 51.3 Å². The first kappa shape index (κ1) is 17.9. The normalized spacial score (nSPS) is 28.7. The molecule has 2 fully saturated rings. The molecule has 0 spiro atoms. The summed E-state index contributed by atoms with van der Waals surface area (Å²) >= 11 is 0. The lowest BCUT2D eigenvalue weighted by Gasteiger charge is -2.37. The van der Waals surface area contributed by atoms with Gasteiger partial charge in [-0.2, -0.15) is 5.26 Å². The number of amides is 2. The number of nitrogens with zero attached hydrogens (tertiary/aromatic N) is 4. The second-order valence-electron chi connectivity index (χ2n) is 7.84. The Labute approximate surface area is 159 Å². The lowest BCUT2D eigenvalue weighted by atomic mass is 9.80. The molecule has 3 heterocycles. The van der Waals surface area contributed by atoms with E-state index in [0.29, 0.717) is 18.7 Å². The summed E-state index contributed by atoms with van der Waals surface area (Å²) in [7, 11) is 0. The summed E-state index contributed by atoms with van der Waals surface area (Å²) < 4.78 is 0. The van der Waals surface area contributed by atoms with E-state index in [4.69, 9.17) is 5.73 Å². The van der Waals surface area contributed by atoms with Gasteiger partial charge in [-0.1, -0.05) is 0 Å². The molecular formula is C20H25N5O2. The van der Waals surface area contributed by atoms with Crippen LogP contribution in [0, 0.1) is 17.2 Å². The van der Waals surface area contributed by atoms with Crippen LogP contribution in [0.5, 0.6) is 0 Å². The zero-order valence-electron chi connectivity index (χ0n) is 15.4. The van der Waals surface area contributed by atoms with E-state index < -0.39 is 6.04 Å². The lowest BCUT2D eigenvalue weighted by molar-refractivity contribution is -0.134. The fourth-order valence-corrected chi connectivity index (χ4v) is 4.77. The number of hydrogen-bond donors (Lipinski definition) is 1. The minimum atomic E-state index is -0.548. The molecule has 1 unspecified atom stereocenters. The van der Waals surface area contributed by atoms with Crippen molar-refractivity contribution < 1.29 is 9.59 Å². The average Bonchev–Trinajstić information content (AvgIpc) is 3.32. The van der Waals surface area contributed by atoms with Crippen LogP contribution < -0.4 is 5.73 Å². The molecular weight excluding hydrogens is 342 g/mol. The maximum atomic E-state index is 12.7. The number of likely N-dealkylation sites (tertiary alicyclic amines) is 1. The van der Waals surface area contributed by atoms with Gasteiger partial charge in [-0.15, -0.1) is 0 Å². The fraction of sp³-hybridized carbons (Fsp3) is 0.600. The van der Waals surface area contributed by atoms with Crippen molar-refractivity contribution in [2.45, 2.75) is 63.2 Å². The molecule has 1 saturated heterocycles. The Morgan fingerprint density at radius 3 is 2.78 bits per heavy atom. The van der Waals surface area contributed by atoms with Crippen LogP contribution in [0.25, 0.3) is 0 Å². The smallest absolute Gasteiger partial charge is 0.256 e. The predicted octanol–water partition coefficient (Wildman–Crippen LogP) is 1.44. The topological polar surface area (TPSA) is 103 Å². The first-order valence-electron chi connectivity index (χ1n) is 9.80. The minimum Gasteiger partial charge on any atom is -0.330 e. The zero-order valence-corrected chi connectivity index (χ0v) is 15.4. The average molecular weight is 367 g/mol. The maximum absolute atomic E-state index is 12.7. The molecule has 0 bridgehead atoms. The van der Waals surface area contributed by atoms with E-state index in [0.717, 1.165) is 44.2 Å². The summed E-state index contributed by atoms with van der Waals surface area (Å²) in [6, 6.07) is 5.16. The monoisotopic (exact) mass is 367 g/mol. The van der Waals surface area contributed by atoms with Gasteiger partial charge in [-0.05, 0) is 56.6 Å². The largest absolute Gasteiger partial charge is 0.330 e. The van der Waals surface area contributed by atoms with Gasteiger partial charge in [0.1, 0.15) is 6.04 Å². The molecule has 2 atom stereocenters. The molecule has 2 aliphatic heterocycles. The highest BCUT2D eigenvalue weighted by Gasteiger charge is 2.39. The number of rotatable bonds is 3. The number of nitriles is 1. The van der Waals surface area contributed by atoms with Crippen LogP contribution in [0.1, 0.15) is 54.6 Å². The van der Waals surface area contributed by atoms with E-state index >= 15 is 0 Å². The van der Waals surface area contributed by atoms with E-state index in [1.807, 2.05) is 11.0 Å². The van der Waals surface area contributed by atoms with Crippen molar-refractivity contribution in [3.05, 3.63) is 29.6 Å². The third-order valence-corrected chi connectivity index (χ3v) is 6.36. The molecule has 142 valence electrons. The molecule has 27 heavy (non-hydrogen) atoms. The quantitative estimate of drug-likeness (QED) is 0.871. The van der Waals surface area contributed by atoms with Gasteiger partial charge in [0.2, 0.25) is 5.91 Å². The van der Waals surface area contributed by atoms with Crippen molar-refractivity contribution in [1.29, 1.82) is 5.26 Å². The van der Waals surface area contributed by atoms with Gasteiger partial charge in [0, 0.05) is 18.8 Å². The van der Waals surface area contributed by atoms with Gasteiger partial charge in [0.15, 0.2) is 0 Å². The Bertz CT molecular complexity index is 781. The minimum absolute atomic E-state index is 0.0656. The molecule has 7 heteroatoms. The Balaban J connectivity index is 1.35. The van der Waals surface area contributed by atoms with Crippen LogP contribution in [0.4, 0.5) is 0 Å². The molecule has 4 rings (SSSR count). The Kier molecular flexibility index (Phi) is 4.83.